The highest BCUT2D eigenvalue weighted by Crippen LogP contribution is 2.23. The number of piperazine rings is 1. The van der Waals surface area contributed by atoms with Crippen LogP contribution in [0.1, 0.15) is 45.0 Å². The van der Waals surface area contributed by atoms with Crippen molar-refractivity contribution in [2.45, 2.75) is 47.2 Å². The monoisotopic (exact) mass is 475 g/mol. The first-order valence-corrected chi connectivity index (χ1v) is 11.8. The number of rotatable bonds is 4. The first kappa shape index (κ1) is 24.4. The zero-order valence-corrected chi connectivity index (χ0v) is 21.2. The number of nitrogens with zero attached hydrogens (tertiary/aromatic N) is 7. The number of carbonyl (C=O) groups is 1. The topological polar surface area (TPSA) is 88.2 Å². The Morgan fingerprint density at radius 1 is 1.23 bits per heavy atom. The predicted molar refractivity (Wildman–Crippen MR) is 137 cm³/mol. The van der Waals surface area contributed by atoms with Crippen molar-refractivity contribution in [3.8, 4) is 11.3 Å². The Balaban J connectivity index is 1.40. The summed E-state index contributed by atoms with van der Waals surface area (Å²) in [5.41, 5.74) is 3.13. The number of amidine groups is 2. The van der Waals surface area contributed by atoms with Crippen molar-refractivity contribution in [1.82, 2.24) is 24.8 Å². The van der Waals surface area contributed by atoms with Crippen LogP contribution >= 0.6 is 0 Å². The minimum atomic E-state index is 0.00246. The van der Waals surface area contributed by atoms with Crippen LogP contribution in [0.2, 0.25) is 0 Å². The number of ether oxygens (including phenoxy) is 1. The van der Waals surface area contributed by atoms with E-state index >= 15 is 0 Å². The maximum atomic E-state index is 13.2. The zero-order valence-electron chi connectivity index (χ0n) is 21.2. The van der Waals surface area contributed by atoms with Gasteiger partial charge in [-0.2, -0.15) is 4.99 Å². The maximum Gasteiger partial charge on any atom is 0.300 e. The molecule has 0 unspecified atom stereocenters. The predicted octanol–water partition coefficient (Wildman–Crippen LogP) is 3.97. The van der Waals surface area contributed by atoms with E-state index in [2.05, 4.69) is 54.2 Å². The van der Waals surface area contributed by atoms with Gasteiger partial charge in [0.05, 0.1) is 6.20 Å². The normalized spacial score (nSPS) is 19.7. The summed E-state index contributed by atoms with van der Waals surface area (Å²) < 4.78 is 7.60. The lowest BCUT2D eigenvalue weighted by molar-refractivity contribution is 0.0605. The summed E-state index contributed by atoms with van der Waals surface area (Å²) in [5.74, 6) is 0.853. The molecular formula is C26H33N7O2. The van der Waals surface area contributed by atoms with Crippen molar-refractivity contribution >= 4 is 17.8 Å². The van der Waals surface area contributed by atoms with Crippen LogP contribution < -0.4 is 0 Å². The molecule has 1 amide bonds. The Labute approximate surface area is 206 Å². The molecule has 0 spiro atoms. The Hall–Kier alpha value is -3.75. The highest BCUT2D eigenvalue weighted by Gasteiger charge is 2.33. The molecule has 0 bridgehead atoms. The number of benzene rings is 1. The third kappa shape index (κ3) is 5.67. The molecule has 0 aliphatic carbocycles. The molecule has 1 aromatic heterocycles. The lowest BCUT2D eigenvalue weighted by Crippen LogP contribution is -2.55. The van der Waals surface area contributed by atoms with Gasteiger partial charge in [-0.1, -0.05) is 51.3 Å². The highest BCUT2D eigenvalue weighted by molar-refractivity contribution is 6.09. The van der Waals surface area contributed by atoms with Crippen LogP contribution in [0.4, 0.5) is 0 Å². The van der Waals surface area contributed by atoms with Gasteiger partial charge >= 0.3 is 0 Å². The molecule has 4 rings (SSSR count). The molecule has 1 aromatic carbocycles. The van der Waals surface area contributed by atoms with Gasteiger partial charge in [0.1, 0.15) is 5.69 Å². The van der Waals surface area contributed by atoms with Gasteiger partial charge in [0, 0.05) is 49.0 Å². The third-order valence-corrected chi connectivity index (χ3v) is 5.73. The van der Waals surface area contributed by atoms with Crippen molar-refractivity contribution in [1.29, 1.82) is 0 Å². The second-order valence-corrected chi connectivity index (χ2v) is 10.3. The fourth-order valence-corrected chi connectivity index (χ4v) is 4.11. The van der Waals surface area contributed by atoms with Gasteiger partial charge in [-0.05, 0) is 31.4 Å². The number of allylic oxidation sites excluding steroid dienone is 1. The number of amides is 1. The van der Waals surface area contributed by atoms with E-state index in [1.807, 2.05) is 51.9 Å². The van der Waals surface area contributed by atoms with Crippen LogP contribution in [0.25, 0.3) is 11.3 Å². The molecule has 3 heterocycles. The van der Waals surface area contributed by atoms with Crippen molar-refractivity contribution in [2.24, 2.45) is 15.4 Å². The lowest BCUT2D eigenvalue weighted by Gasteiger charge is -2.39. The van der Waals surface area contributed by atoms with Crippen molar-refractivity contribution < 1.29 is 9.53 Å². The zero-order chi connectivity index (χ0) is 25.3. The van der Waals surface area contributed by atoms with Crippen LogP contribution in [0.3, 0.4) is 0 Å². The Kier molecular flexibility index (Phi) is 6.60. The van der Waals surface area contributed by atoms with Crippen molar-refractivity contribution in [3.05, 3.63) is 60.6 Å². The smallest absolute Gasteiger partial charge is 0.300 e. The molecular weight excluding hydrogens is 442 g/mol. The quantitative estimate of drug-likeness (QED) is 0.668. The van der Waals surface area contributed by atoms with E-state index in [0.29, 0.717) is 48.5 Å². The largest absolute Gasteiger partial charge is 0.422 e. The third-order valence-electron chi connectivity index (χ3n) is 5.73. The van der Waals surface area contributed by atoms with Crippen LogP contribution in [0.15, 0.2) is 65.1 Å². The number of hydrogen-bond donors (Lipinski definition) is 0. The standard InChI is InChI=1S/C26H33N7O2/c1-17(2)27-23-19(4)35-25(28-23)33-13-12-31(14-18(33)3)24(34)21-10-8-20(9-11-21)22-15-32(30-29-22)16-26(5,6)7/h8-11,15,18H,1,4,12-14,16H2,2-3,5-7H3/t18-/m1/s1. The SMILES string of the molecule is C=C(C)N=C1N=C(N2CCN(C(=O)c3ccc(-c4cn(CC(C)(C)C)nn4)cc3)C[C@H]2C)OC1=C. The van der Waals surface area contributed by atoms with Crippen LogP contribution in [0, 0.1) is 5.41 Å². The summed E-state index contributed by atoms with van der Waals surface area (Å²) in [7, 11) is 0. The molecule has 9 heteroatoms. The van der Waals surface area contributed by atoms with E-state index in [1.165, 1.54) is 0 Å². The second-order valence-electron chi connectivity index (χ2n) is 10.3. The average Bonchev–Trinajstić information content (AvgIpc) is 3.38. The van der Waals surface area contributed by atoms with Gasteiger partial charge in [-0.3, -0.25) is 9.48 Å². The number of hydrogen-bond acceptors (Lipinski definition) is 6. The van der Waals surface area contributed by atoms with E-state index in [1.54, 1.807) is 6.92 Å². The van der Waals surface area contributed by atoms with E-state index in [-0.39, 0.29) is 17.4 Å². The van der Waals surface area contributed by atoms with Crippen LogP contribution in [0.5, 0.6) is 0 Å². The molecule has 0 N–H and O–H groups in total. The molecule has 9 nitrogen and oxygen atoms in total. The molecule has 2 aromatic rings. The molecule has 0 radical (unpaired) electrons. The summed E-state index contributed by atoms with van der Waals surface area (Å²) in [4.78, 5) is 25.8. The number of carbonyl (C=O) groups excluding carboxylic acids is 1. The number of aromatic nitrogens is 3. The van der Waals surface area contributed by atoms with E-state index in [4.69, 9.17) is 4.74 Å². The molecule has 184 valence electrons. The molecule has 35 heavy (non-hydrogen) atoms. The minimum Gasteiger partial charge on any atom is -0.422 e. The Morgan fingerprint density at radius 2 is 1.94 bits per heavy atom. The second kappa shape index (κ2) is 9.48. The fraction of sp³-hybridized carbons (Fsp3) is 0.423. The molecule has 2 aliphatic heterocycles. The van der Waals surface area contributed by atoms with E-state index in [0.717, 1.165) is 17.8 Å². The number of aliphatic imine (C=N–C) groups is 2. The van der Waals surface area contributed by atoms with Crippen LogP contribution in [-0.2, 0) is 11.3 Å². The van der Waals surface area contributed by atoms with E-state index in [9.17, 15) is 4.79 Å². The fourth-order valence-electron chi connectivity index (χ4n) is 4.11. The summed E-state index contributed by atoms with van der Waals surface area (Å²) in [6.07, 6.45) is 1.94. The van der Waals surface area contributed by atoms with Crippen molar-refractivity contribution in [2.75, 3.05) is 19.6 Å². The molecule has 1 atom stereocenters. The first-order chi connectivity index (χ1) is 16.5. The summed E-state index contributed by atoms with van der Waals surface area (Å²) in [5, 5.41) is 8.52. The summed E-state index contributed by atoms with van der Waals surface area (Å²) in [6.45, 7) is 20.5. The lowest BCUT2D eigenvalue weighted by atomic mass is 9.97. The molecule has 0 saturated carbocycles. The van der Waals surface area contributed by atoms with Gasteiger partial charge in [0.2, 0.25) is 0 Å². The molecule has 1 saturated heterocycles. The summed E-state index contributed by atoms with van der Waals surface area (Å²) >= 11 is 0. The molecule has 2 aliphatic rings. The Bertz CT molecular complexity index is 1200. The first-order valence-electron chi connectivity index (χ1n) is 11.8. The maximum absolute atomic E-state index is 13.2. The van der Waals surface area contributed by atoms with E-state index < -0.39 is 0 Å². The Morgan fingerprint density at radius 3 is 2.57 bits per heavy atom. The van der Waals surface area contributed by atoms with Crippen LogP contribution in [-0.4, -0.2) is 68.2 Å². The molecule has 1 fully saturated rings. The van der Waals surface area contributed by atoms with Gasteiger partial charge in [0.15, 0.2) is 11.6 Å². The average molecular weight is 476 g/mol. The minimum absolute atomic E-state index is 0.00246. The van der Waals surface area contributed by atoms with Crippen molar-refractivity contribution in [3.63, 3.8) is 0 Å². The van der Waals surface area contributed by atoms with Gasteiger partial charge in [-0.15, -0.1) is 5.10 Å². The summed E-state index contributed by atoms with van der Waals surface area (Å²) in [6, 6.07) is 8.05. The highest BCUT2D eigenvalue weighted by atomic mass is 16.5. The van der Waals surface area contributed by atoms with Gasteiger partial charge in [-0.25, -0.2) is 4.99 Å². The van der Waals surface area contributed by atoms with Gasteiger partial charge in [0.25, 0.3) is 11.9 Å². The van der Waals surface area contributed by atoms with Gasteiger partial charge < -0.3 is 14.5 Å².